The molecule has 2 rings (SSSR count). The molecule has 1 atom stereocenters. The second-order valence-electron chi connectivity index (χ2n) is 4.98. The Kier molecular flexibility index (Phi) is 5.03. The Morgan fingerprint density at radius 3 is 2.80 bits per heavy atom. The van der Waals surface area contributed by atoms with Gasteiger partial charge in [-0.15, -0.1) is 0 Å². The molecule has 1 aliphatic rings. The highest BCUT2D eigenvalue weighted by molar-refractivity contribution is 5.78. The van der Waals surface area contributed by atoms with Gasteiger partial charge in [0, 0.05) is 31.7 Å². The molecule has 1 fully saturated rings. The molecular weight excluding hydrogens is 264 g/mol. The smallest absolute Gasteiger partial charge is 0.234 e. The van der Waals surface area contributed by atoms with E-state index in [2.05, 4.69) is 10.6 Å². The molecule has 0 aromatic heterocycles. The predicted molar refractivity (Wildman–Crippen MR) is 72.2 cm³/mol. The van der Waals surface area contributed by atoms with E-state index in [-0.39, 0.29) is 18.0 Å². The van der Waals surface area contributed by atoms with Gasteiger partial charge in [0.05, 0.1) is 12.6 Å². The van der Waals surface area contributed by atoms with E-state index in [1.54, 1.807) is 6.92 Å². The molecule has 1 aromatic carbocycles. The molecule has 1 aromatic rings. The number of halogens is 2. The Balaban J connectivity index is 1.91. The average Bonchev–Trinajstić information content (AvgIpc) is 2.42. The van der Waals surface area contributed by atoms with Crippen molar-refractivity contribution in [3.05, 3.63) is 35.4 Å². The molecule has 1 heterocycles. The monoisotopic (exact) mass is 283 g/mol. The largest absolute Gasteiger partial charge is 0.348 e. The van der Waals surface area contributed by atoms with Crippen LogP contribution in [0.15, 0.2) is 18.2 Å². The first-order valence-electron chi connectivity index (χ1n) is 6.73. The van der Waals surface area contributed by atoms with Crippen molar-refractivity contribution < 1.29 is 13.6 Å². The van der Waals surface area contributed by atoms with Gasteiger partial charge in [0.15, 0.2) is 0 Å². The number of hydrogen-bond acceptors (Lipinski definition) is 3. The van der Waals surface area contributed by atoms with Crippen LogP contribution in [0.4, 0.5) is 8.78 Å². The number of nitrogens with zero attached hydrogens (tertiary/aromatic N) is 1. The molecule has 4 nitrogen and oxygen atoms in total. The van der Waals surface area contributed by atoms with Crippen molar-refractivity contribution in [3.8, 4) is 0 Å². The summed E-state index contributed by atoms with van der Waals surface area (Å²) < 4.78 is 26.7. The quantitative estimate of drug-likeness (QED) is 0.868. The Labute approximate surface area is 117 Å². The minimum Gasteiger partial charge on any atom is -0.348 e. The van der Waals surface area contributed by atoms with Crippen LogP contribution in [0.25, 0.3) is 0 Å². The summed E-state index contributed by atoms with van der Waals surface area (Å²) in [5.41, 5.74) is 0.165. The van der Waals surface area contributed by atoms with Gasteiger partial charge < -0.3 is 10.6 Å². The molecule has 20 heavy (non-hydrogen) atoms. The van der Waals surface area contributed by atoms with Gasteiger partial charge in [-0.05, 0) is 25.1 Å². The summed E-state index contributed by atoms with van der Waals surface area (Å²) >= 11 is 0. The topological polar surface area (TPSA) is 44.4 Å². The van der Waals surface area contributed by atoms with Crippen LogP contribution in [-0.2, 0) is 4.79 Å². The molecule has 0 bridgehead atoms. The SMILES string of the molecule is CC(NC(=O)CN1CCNCC1)c1cc(F)ccc1F. The standard InChI is InChI=1S/C14H19F2N3O/c1-10(12-8-11(15)2-3-13(12)16)18-14(20)9-19-6-4-17-5-7-19/h2-3,8,10,17H,4-7,9H2,1H3,(H,18,20). The number of amides is 1. The second kappa shape index (κ2) is 6.76. The molecule has 1 unspecified atom stereocenters. The molecule has 6 heteroatoms. The van der Waals surface area contributed by atoms with Crippen LogP contribution in [0.1, 0.15) is 18.5 Å². The van der Waals surface area contributed by atoms with E-state index < -0.39 is 17.7 Å². The van der Waals surface area contributed by atoms with Crippen molar-refractivity contribution in [2.45, 2.75) is 13.0 Å². The van der Waals surface area contributed by atoms with Gasteiger partial charge in [0.1, 0.15) is 11.6 Å². The number of rotatable bonds is 4. The summed E-state index contributed by atoms with van der Waals surface area (Å²) in [4.78, 5) is 13.9. The molecule has 1 amide bonds. The first-order chi connectivity index (χ1) is 9.56. The van der Waals surface area contributed by atoms with Crippen LogP contribution in [0.3, 0.4) is 0 Å². The van der Waals surface area contributed by atoms with Crippen molar-refractivity contribution in [2.75, 3.05) is 32.7 Å². The first-order valence-corrected chi connectivity index (χ1v) is 6.73. The zero-order valence-corrected chi connectivity index (χ0v) is 11.5. The van der Waals surface area contributed by atoms with Crippen LogP contribution in [0, 0.1) is 11.6 Å². The third kappa shape index (κ3) is 3.98. The summed E-state index contributed by atoms with van der Waals surface area (Å²) in [6.07, 6.45) is 0. The number of nitrogens with one attached hydrogen (secondary N) is 2. The van der Waals surface area contributed by atoms with Gasteiger partial charge >= 0.3 is 0 Å². The maximum absolute atomic E-state index is 13.6. The highest BCUT2D eigenvalue weighted by atomic mass is 19.1. The fraction of sp³-hybridized carbons (Fsp3) is 0.500. The minimum atomic E-state index is -0.555. The highest BCUT2D eigenvalue weighted by Gasteiger charge is 2.17. The number of benzene rings is 1. The minimum absolute atomic E-state index is 0.165. The van der Waals surface area contributed by atoms with Crippen molar-refractivity contribution in [2.24, 2.45) is 0 Å². The van der Waals surface area contributed by atoms with Crippen molar-refractivity contribution in [3.63, 3.8) is 0 Å². The second-order valence-corrected chi connectivity index (χ2v) is 4.98. The fourth-order valence-electron chi connectivity index (χ4n) is 2.28. The van der Waals surface area contributed by atoms with Crippen LogP contribution in [0.5, 0.6) is 0 Å². The molecule has 0 saturated carbocycles. The van der Waals surface area contributed by atoms with Gasteiger partial charge in [0.25, 0.3) is 0 Å². The third-order valence-corrected chi connectivity index (χ3v) is 3.38. The predicted octanol–water partition coefficient (Wildman–Crippen LogP) is 1.05. The van der Waals surface area contributed by atoms with E-state index in [0.717, 1.165) is 44.4 Å². The van der Waals surface area contributed by atoms with E-state index >= 15 is 0 Å². The van der Waals surface area contributed by atoms with E-state index in [0.29, 0.717) is 0 Å². The van der Waals surface area contributed by atoms with Crippen LogP contribution < -0.4 is 10.6 Å². The summed E-state index contributed by atoms with van der Waals surface area (Å²) in [5.74, 6) is -1.20. The number of hydrogen-bond donors (Lipinski definition) is 2. The Hall–Kier alpha value is -1.53. The molecule has 0 aliphatic carbocycles. The maximum Gasteiger partial charge on any atom is 0.234 e. The molecule has 0 spiro atoms. The first kappa shape index (κ1) is 14.9. The van der Waals surface area contributed by atoms with Gasteiger partial charge in [-0.1, -0.05) is 0 Å². The Bertz CT molecular complexity index is 475. The maximum atomic E-state index is 13.6. The lowest BCUT2D eigenvalue weighted by Crippen LogP contribution is -2.47. The normalized spacial score (nSPS) is 17.8. The molecular formula is C14H19F2N3O. The zero-order chi connectivity index (χ0) is 14.5. The summed E-state index contributed by atoms with van der Waals surface area (Å²) in [6.45, 7) is 5.28. The number of carbonyl (C=O) groups is 1. The average molecular weight is 283 g/mol. The van der Waals surface area contributed by atoms with Gasteiger partial charge in [0.2, 0.25) is 5.91 Å². The third-order valence-electron chi connectivity index (χ3n) is 3.38. The lowest BCUT2D eigenvalue weighted by molar-refractivity contribution is -0.123. The van der Waals surface area contributed by atoms with E-state index in [4.69, 9.17) is 0 Å². The van der Waals surface area contributed by atoms with Crippen LogP contribution in [0.2, 0.25) is 0 Å². The van der Waals surface area contributed by atoms with Crippen LogP contribution >= 0.6 is 0 Å². The molecule has 110 valence electrons. The Morgan fingerprint density at radius 1 is 1.40 bits per heavy atom. The van der Waals surface area contributed by atoms with Crippen molar-refractivity contribution in [1.29, 1.82) is 0 Å². The Morgan fingerprint density at radius 2 is 2.10 bits per heavy atom. The molecule has 0 radical (unpaired) electrons. The van der Waals surface area contributed by atoms with E-state index in [1.165, 1.54) is 0 Å². The number of piperazine rings is 1. The number of carbonyl (C=O) groups excluding carboxylic acids is 1. The highest BCUT2D eigenvalue weighted by Crippen LogP contribution is 2.17. The van der Waals surface area contributed by atoms with Gasteiger partial charge in [-0.3, -0.25) is 9.69 Å². The van der Waals surface area contributed by atoms with E-state index in [9.17, 15) is 13.6 Å². The van der Waals surface area contributed by atoms with Gasteiger partial charge in [-0.25, -0.2) is 8.78 Å². The summed E-state index contributed by atoms with van der Waals surface area (Å²) in [7, 11) is 0. The molecule has 1 aliphatic heterocycles. The van der Waals surface area contributed by atoms with Crippen molar-refractivity contribution in [1.82, 2.24) is 15.5 Å². The van der Waals surface area contributed by atoms with Crippen molar-refractivity contribution >= 4 is 5.91 Å². The lowest BCUT2D eigenvalue weighted by atomic mass is 10.1. The van der Waals surface area contributed by atoms with Gasteiger partial charge in [-0.2, -0.15) is 0 Å². The lowest BCUT2D eigenvalue weighted by Gasteiger charge is -2.27. The summed E-state index contributed by atoms with van der Waals surface area (Å²) in [5, 5.41) is 5.91. The van der Waals surface area contributed by atoms with Crippen LogP contribution in [-0.4, -0.2) is 43.5 Å². The van der Waals surface area contributed by atoms with E-state index in [1.807, 2.05) is 4.90 Å². The molecule has 1 saturated heterocycles. The fourth-order valence-corrected chi connectivity index (χ4v) is 2.28. The summed E-state index contributed by atoms with van der Waals surface area (Å²) in [6, 6.07) is 2.70. The molecule has 2 N–H and O–H groups in total. The zero-order valence-electron chi connectivity index (χ0n) is 11.5.